The fraction of sp³-hybridized carbons (Fsp3) is 0.200. The van der Waals surface area contributed by atoms with Gasteiger partial charge in [0.25, 0.3) is 5.91 Å². The highest BCUT2D eigenvalue weighted by atomic mass is 35.5. The molecule has 0 spiro atoms. The predicted octanol–water partition coefficient (Wildman–Crippen LogP) is 4.10. The molecular weight excluding hydrogens is 412 g/mol. The number of hydrogen-bond donors (Lipinski definition) is 1. The summed E-state index contributed by atoms with van der Waals surface area (Å²) < 4.78 is 5.67. The molecule has 0 heterocycles. The van der Waals surface area contributed by atoms with Gasteiger partial charge in [-0.05, 0) is 35.4 Å². The molecule has 5 nitrogen and oxygen atoms in total. The van der Waals surface area contributed by atoms with Crippen molar-refractivity contribution in [3.63, 3.8) is 0 Å². The van der Waals surface area contributed by atoms with E-state index < -0.39 is 6.04 Å². The van der Waals surface area contributed by atoms with E-state index in [1.54, 1.807) is 36.2 Å². The van der Waals surface area contributed by atoms with Crippen molar-refractivity contribution in [1.82, 2.24) is 10.2 Å². The van der Waals surface area contributed by atoms with Gasteiger partial charge in [-0.3, -0.25) is 9.59 Å². The zero-order valence-electron chi connectivity index (χ0n) is 17.3. The van der Waals surface area contributed by atoms with Crippen molar-refractivity contribution in [2.45, 2.75) is 19.0 Å². The maximum atomic E-state index is 13.2. The Bertz CT molecular complexity index is 979. The quantitative estimate of drug-likeness (QED) is 0.549. The number of carbonyl (C=O) groups excluding carboxylic acids is 2. The highest BCUT2D eigenvalue weighted by Gasteiger charge is 2.30. The minimum absolute atomic E-state index is 0.184. The summed E-state index contributed by atoms with van der Waals surface area (Å²) in [6, 6.07) is 25.4. The first-order valence-corrected chi connectivity index (χ1v) is 10.4. The summed E-state index contributed by atoms with van der Waals surface area (Å²) in [6.45, 7) is 0.116. The lowest BCUT2D eigenvalue weighted by molar-refractivity contribution is -0.142. The van der Waals surface area contributed by atoms with E-state index in [0.29, 0.717) is 23.7 Å². The fourth-order valence-electron chi connectivity index (χ4n) is 3.26. The van der Waals surface area contributed by atoms with Gasteiger partial charge in [0.1, 0.15) is 11.8 Å². The molecular formula is C25H25ClN2O3. The molecule has 3 rings (SSSR count). The summed E-state index contributed by atoms with van der Waals surface area (Å²) in [5.41, 5.74) is 1.91. The van der Waals surface area contributed by atoms with Crippen LogP contribution in [0.1, 0.15) is 11.1 Å². The second-order valence-corrected chi connectivity index (χ2v) is 7.51. The Labute approximate surface area is 187 Å². The Kier molecular flexibility index (Phi) is 8.07. The van der Waals surface area contributed by atoms with Gasteiger partial charge in [-0.25, -0.2) is 0 Å². The van der Waals surface area contributed by atoms with Gasteiger partial charge in [-0.1, -0.05) is 72.3 Å². The number of hydrogen-bond acceptors (Lipinski definition) is 3. The van der Waals surface area contributed by atoms with Crippen molar-refractivity contribution < 1.29 is 14.3 Å². The Morgan fingerprint density at radius 2 is 1.48 bits per heavy atom. The first-order chi connectivity index (χ1) is 15.1. The second kappa shape index (κ2) is 11.2. The predicted molar refractivity (Wildman–Crippen MR) is 122 cm³/mol. The van der Waals surface area contributed by atoms with Crippen molar-refractivity contribution in [3.8, 4) is 5.75 Å². The van der Waals surface area contributed by atoms with Crippen molar-refractivity contribution >= 4 is 23.4 Å². The molecule has 0 bridgehead atoms. The number of benzene rings is 3. The molecule has 0 aliphatic carbocycles. The molecule has 2 amide bonds. The minimum atomic E-state index is -0.672. The minimum Gasteiger partial charge on any atom is -0.484 e. The van der Waals surface area contributed by atoms with Crippen LogP contribution in [0.15, 0.2) is 84.9 Å². The van der Waals surface area contributed by atoms with E-state index in [1.807, 2.05) is 60.7 Å². The van der Waals surface area contributed by atoms with Crippen LogP contribution in [0.25, 0.3) is 0 Å². The third kappa shape index (κ3) is 6.59. The highest BCUT2D eigenvalue weighted by Crippen LogP contribution is 2.18. The van der Waals surface area contributed by atoms with E-state index in [0.717, 1.165) is 11.1 Å². The molecule has 160 valence electrons. The van der Waals surface area contributed by atoms with E-state index in [9.17, 15) is 9.59 Å². The van der Waals surface area contributed by atoms with Crippen molar-refractivity contribution in [2.24, 2.45) is 0 Å². The molecule has 0 aromatic heterocycles. The first-order valence-electron chi connectivity index (χ1n) is 10.0. The first kappa shape index (κ1) is 22.4. The lowest BCUT2D eigenvalue weighted by Crippen LogP contribution is -2.51. The van der Waals surface area contributed by atoms with Gasteiger partial charge in [0.05, 0.1) is 0 Å². The van der Waals surface area contributed by atoms with Crippen LogP contribution >= 0.6 is 11.6 Å². The number of likely N-dealkylation sites (N-methyl/N-ethyl adjacent to an activating group) is 1. The Hall–Kier alpha value is -3.31. The molecule has 0 unspecified atom stereocenters. The maximum Gasteiger partial charge on any atom is 0.261 e. The SMILES string of the molecule is CNC(=O)[C@@H](Cc1ccccc1)N(Cc1ccccc1)C(=O)COc1ccc(Cl)cc1. The van der Waals surface area contributed by atoms with Crippen LogP contribution < -0.4 is 10.1 Å². The van der Waals surface area contributed by atoms with E-state index in [2.05, 4.69) is 5.32 Å². The summed E-state index contributed by atoms with van der Waals surface area (Å²) in [7, 11) is 1.58. The number of amides is 2. The van der Waals surface area contributed by atoms with Crippen LogP contribution in [0.2, 0.25) is 5.02 Å². The third-order valence-corrected chi connectivity index (χ3v) is 5.14. The molecule has 0 aliphatic rings. The summed E-state index contributed by atoms with van der Waals surface area (Å²) in [4.78, 5) is 27.6. The molecule has 1 atom stereocenters. The van der Waals surface area contributed by atoms with Crippen LogP contribution in [0.4, 0.5) is 0 Å². The third-order valence-electron chi connectivity index (χ3n) is 4.89. The van der Waals surface area contributed by atoms with E-state index >= 15 is 0 Å². The van der Waals surface area contributed by atoms with Gasteiger partial charge in [0.15, 0.2) is 6.61 Å². The van der Waals surface area contributed by atoms with Crippen molar-refractivity contribution in [2.75, 3.05) is 13.7 Å². The lowest BCUT2D eigenvalue weighted by Gasteiger charge is -2.31. The number of ether oxygens (including phenoxy) is 1. The monoisotopic (exact) mass is 436 g/mol. The Morgan fingerprint density at radius 1 is 0.903 bits per heavy atom. The largest absolute Gasteiger partial charge is 0.484 e. The van der Waals surface area contributed by atoms with E-state index in [-0.39, 0.29) is 18.4 Å². The number of nitrogens with one attached hydrogen (secondary N) is 1. The number of halogens is 1. The summed E-state index contributed by atoms with van der Waals surface area (Å²) in [5.74, 6) is 0.0416. The average Bonchev–Trinajstić information content (AvgIpc) is 2.81. The number of rotatable bonds is 9. The molecule has 3 aromatic carbocycles. The molecule has 0 fully saturated rings. The summed E-state index contributed by atoms with van der Waals surface area (Å²) in [6.07, 6.45) is 0.403. The maximum absolute atomic E-state index is 13.2. The Morgan fingerprint density at radius 3 is 2.06 bits per heavy atom. The molecule has 0 radical (unpaired) electrons. The van der Waals surface area contributed by atoms with Gasteiger partial charge < -0.3 is 15.0 Å². The zero-order valence-corrected chi connectivity index (χ0v) is 18.1. The van der Waals surface area contributed by atoms with Gasteiger partial charge in [0, 0.05) is 25.0 Å². The summed E-state index contributed by atoms with van der Waals surface area (Å²) >= 11 is 5.91. The standard InChI is InChI=1S/C25H25ClN2O3/c1-27-25(30)23(16-19-8-4-2-5-9-19)28(17-20-10-6-3-7-11-20)24(29)18-31-22-14-12-21(26)13-15-22/h2-15,23H,16-18H2,1H3,(H,27,30)/t23-/m1/s1. The second-order valence-electron chi connectivity index (χ2n) is 7.07. The average molecular weight is 437 g/mol. The smallest absolute Gasteiger partial charge is 0.261 e. The molecule has 0 aliphatic heterocycles. The van der Waals surface area contributed by atoms with Crippen LogP contribution in [0.3, 0.4) is 0 Å². The van der Waals surface area contributed by atoms with E-state index in [1.165, 1.54) is 0 Å². The summed E-state index contributed by atoms with van der Waals surface area (Å²) in [5, 5.41) is 3.29. The molecule has 6 heteroatoms. The lowest BCUT2D eigenvalue weighted by atomic mass is 10.0. The van der Waals surface area contributed by atoms with Crippen molar-refractivity contribution in [3.05, 3.63) is 101 Å². The fourth-order valence-corrected chi connectivity index (χ4v) is 3.39. The normalized spacial score (nSPS) is 11.4. The van der Waals surface area contributed by atoms with Crippen LogP contribution in [-0.2, 0) is 22.6 Å². The molecule has 1 N–H and O–H groups in total. The van der Waals surface area contributed by atoms with Gasteiger partial charge >= 0.3 is 0 Å². The molecule has 3 aromatic rings. The van der Waals surface area contributed by atoms with Crippen LogP contribution in [-0.4, -0.2) is 36.4 Å². The van der Waals surface area contributed by atoms with Crippen LogP contribution in [0.5, 0.6) is 5.75 Å². The number of nitrogens with zero attached hydrogens (tertiary/aromatic N) is 1. The van der Waals surface area contributed by atoms with Gasteiger partial charge in [-0.2, -0.15) is 0 Å². The molecule has 31 heavy (non-hydrogen) atoms. The van der Waals surface area contributed by atoms with Crippen molar-refractivity contribution in [1.29, 1.82) is 0 Å². The van der Waals surface area contributed by atoms with E-state index in [4.69, 9.17) is 16.3 Å². The van der Waals surface area contributed by atoms with Gasteiger partial charge in [0.2, 0.25) is 5.91 Å². The Balaban J connectivity index is 1.83. The topological polar surface area (TPSA) is 58.6 Å². The van der Waals surface area contributed by atoms with Crippen LogP contribution in [0, 0.1) is 0 Å². The highest BCUT2D eigenvalue weighted by molar-refractivity contribution is 6.30. The van der Waals surface area contributed by atoms with Gasteiger partial charge in [-0.15, -0.1) is 0 Å². The molecule has 0 saturated carbocycles. The molecule has 0 saturated heterocycles. The zero-order chi connectivity index (χ0) is 22.1. The number of carbonyl (C=O) groups is 2.